The van der Waals surface area contributed by atoms with E-state index in [0.717, 1.165) is 29.6 Å². The second-order valence-electron chi connectivity index (χ2n) is 7.21. The highest BCUT2D eigenvalue weighted by Gasteiger charge is 2.26. The first kappa shape index (κ1) is 17.0. The lowest BCUT2D eigenvalue weighted by Crippen LogP contribution is -3.15. The van der Waals surface area contributed by atoms with Crippen LogP contribution in [-0.4, -0.2) is 17.7 Å². The van der Waals surface area contributed by atoms with Crippen LogP contribution >= 0.6 is 0 Å². The van der Waals surface area contributed by atoms with E-state index in [1.807, 2.05) is 19.9 Å². The van der Waals surface area contributed by atoms with E-state index in [9.17, 15) is 9.90 Å². The molecule has 1 saturated heterocycles. The Kier molecular flexibility index (Phi) is 4.68. The number of fused-ring (bicyclic) bond motifs is 1. The van der Waals surface area contributed by atoms with Crippen molar-refractivity contribution in [2.75, 3.05) is 6.54 Å². The second-order valence-corrected chi connectivity index (χ2v) is 7.21. The Labute approximate surface area is 143 Å². The van der Waals surface area contributed by atoms with Crippen molar-refractivity contribution >= 4 is 11.0 Å². The van der Waals surface area contributed by atoms with Crippen LogP contribution in [-0.2, 0) is 6.54 Å². The molecule has 3 rings (SSSR count). The zero-order chi connectivity index (χ0) is 17.4. The standard InChI is InChI=1S/C20H27NO3/c1-5-16-8-6-7-9-21(16)11-15-10-17-12(2)13(3)20(23)24-19(17)14(4)18(15)22/h10,16,22H,5-9,11H2,1-4H3/p+1/t16-/m1/s1. The second kappa shape index (κ2) is 6.60. The van der Waals surface area contributed by atoms with Crippen molar-refractivity contribution in [2.45, 2.75) is 66.0 Å². The number of piperidine rings is 1. The van der Waals surface area contributed by atoms with Gasteiger partial charge in [-0.15, -0.1) is 0 Å². The molecule has 0 bridgehead atoms. The molecule has 1 fully saturated rings. The van der Waals surface area contributed by atoms with Crippen molar-refractivity contribution in [3.63, 3.8) is 0 Å². The molecule has 0 saturated carbocycles. The first-order valence-electron chi connectivity index (χ1n) is 9.04. The normalized spacial score (nSPS) is 21.3. The highest BCUT2D eigenvalue weighted by atomic mass is 16.4. The number of nitrogens with one attached hydrogen (secondary N) is 1. The molecular weight excluding hydrogens is 302 g/mol. The number of aromatic hydroxyl groups is 1. The lowest BCUT2D eigenvalue weighted by atomic mass is 9.96. The highest BCUT2D eigenvalue weighted by Crippen LogP contribution is 2.32. The highest BCUT2D eigenvalue weighted by molar-refractivity contribution is 5.86. The number of hydrogen-bond acceptors (Lipinski definition) is 3. The number of phenolic OH excluding ortho intramolecular Hbond substituents is 1. The van der Waals surface area contributed by atoms with E-state index in [2.05, 4.69) is 6.92 Å². The third-order valence-corrected chi connectivity index (χ3v) is 5.82. The summed E-state index contributed by atoms with van der Waals surface area (Å²) in [5, 5.41) is 11.6. The molecule has 4 nitrogen and oxygen atoms in total. The Morgan fingerprint density at radius 3 is 2.67 bits per heavy atom. The molecule has 1 aromatic carbocycles. The van der Waals surface area contributed by atoms with Crippen LogP contribution in [0.1, 0.15) is 54.9 Å². The minimum atomic E-state index is -0.317. The van der Waals surface area contributed by atoms with Crippen molar-refractivity contribution in [3.8, 4) is 5.75 Å². The average Bonchev–Trinajstić information content (AvgIpc) is 2.59. The van der Waals surface area contributed by atoms with E-state index in [-0.39, 0.29) is 11.4 Å². The molecule has 0 spiro atoms. The summed E-state index contributed by atoms with van der Waals surface area (Å²) in [7, 11) is 0. The predicted molar refractivity (Wildman–Crippen MR) is 95.8 cm³/mol. The minimum Gasteiger partial charge on any atom is -0.507 e. The molecule has 1 aromatic heterocycles. The fourth-order valence-corrected chi connectivity index (χ4v) is 4.05. The fraction of sp³-hybridized carbons (Fsp3) is 0.550. The van der Waals surface area contributed by atoms with Gasteiger partial charge in [-0.3, -0.25) is 0 Å². The van der Waals surface area contributed by atoms with Crippen molar-refractivity contribution in [2.24, 2.45) is 0 Å². The number of benzene rings is 1. The van der Waals surface area contributed by atoms with Gasteiger partial charge in [0, 0.05) is 22.1 Å². The maximum atomic E-state index is 11.9. The molecule has 1 aliphatic rings. The topological polar surface area (TPSA) is 54.9 Å². The van der Waals surface area contributed by atoms with Gasteiger partial charge in [0.1, 0.15) is 17.9 Å². The first-order chi connectivity index (χ1) is 11.4. The maximum absolute atomic E-state index is 11.9. The number of phenols is 1. The van der Waals surface area contributed by atoms with Gasteiger partial charge >= 0.3 is 5.63 Å². The molecule has 0 aliphatic carbocycles. The van der Waals surface area contributed by atoms with E-state index in [4.69, 9.17) is 4.42 Å². The van der Waals surface area contributed by atoms with Gasteiger partial charge in [-0.2, -0.15) is 0 Å². The van der Waals surface area contributed by atoms with Crippen LogP contribution in [0.25, 0.3) is 11.0 Å². The van der Waals surface area contributed by atoms with Crippen LogP contribution in [0.4, 0.5) is 0 Å². The monoisotopic (exact) mass is 330 g/mol. The molecule has 1 aliphatic heterocycles. The molecule has 2 heterocycles. The number of likely N-dealkylation sites (tertiary alicyclic amines) is 1. The fourth-order valence-electron chi connectivity index (χ4n) is 4.05. The van der Waals surface area contributed by atoms with E-state index < -0.39 is 0 Å². The minimum absolute atomic E-state index is 0.279. The Balaban J connectivity index is 2.08. The van der Waals surface area contributed by atoms with Gasteiger partial charge in [-0.05, 0) is 58.1 Å². The third-order valence-electron chi connectivity index (χ3n) is 5.82. The first-order valence-corrected chi connectivity index (χ1v) is 9.04. The van der Waals surface area contributed by atoms with Crippen LogP contribution in [0.15, 0.2) is 15.3 Å². The Hall–Kier alpha value is -1.81. The quantitative estimate of drug-likeness (QED) is 0.851. The van der Waals surface area contributed by atoms with Crippen LogP contribution in [0.5, 0.6) is 5.75 Å². The van der Waals surface area contributed by atoms with Gasteiger partial charge in [0.2, 0.25) is 0 Å². The summed E-state index contributed by atoms with van der Waals surface area (Å²) in [6.07, 6.45) is 5.02. The van der Waals surface area contributed by atoms with E-state index in [1.54, 1.807) is 11.8 Å². The summed E-state index contributed by atoms with van der Waals surface area (Å²) in [6.45, 7) is 9.84. The van der Waals surface area contributed by atoms with E-state index in [1.165, 1.54) is 25.7 Å². The van der Waals surface area contributed by atoms with Crippen molar-refractivity contribution in [1.82, 2.24) is 0 Å². The molecule has 2 N–H and O–H groups in total. The Bertz CT molecular complexity index is 822. The molecule has 0 radical (unpaired) electrons. The van der Waals surface area contributed by atoms with Gasteiger partial charge in [0.25, 0.3) is 0 Å². The number of rotatable bonds is 3. The SMILES string of the molecule is CC[C@@H]1CCCC[NH+]1Cc1cc2c(C)c(C)c(=O)oc2c(C)c1O. The van der Waals surface area contributed by atoms with Crippen molar-refractivity contribution < 1.29 is 14.4 Å². The Morgan fingerprint density at radius 1 is 1.21 bits per heavy atom. The van der Waals surface area contributed by atoms with Gasteiger partial charge < -0.3 is 14.4 Å². The van der Waals surface area contributed by atoms with Gasteiger partial charge in [-0.25, -0.2) is 4.79 Å². The molecule has 1 unspecified atom stereocenters. The largest absolute Gasteiger partial charge is 0.507 e. The maximum Gasteiger partial charge on any atom is 0.339 e. The summed E-state index contributed by atoms with van der Waals surface area (Å²) in [5.41, 5.74) is 3.44. The number of hydrogen-bond donors (Lipinski definition) is 2. The number of aryl methyl sites for hydroxylation is 2. The molecule has 4 heteroatoms. The van der Waals surface area contributed by atoms with Crippen molar-refractivity contribution in [1.29, 1.82) is 0 Å². The predicted octanol–water partition coefficient (Wildman–Crippen LogP) is 2.77. The molecule has 130 valence electrons. The van der Waals surface area contributed by atoms with Crippen LogP contribution in [0.2, 0.25) is 0 Å². The van der Waals surface area contributed by atoms with Gasteiger partial charge in [0.15, 0.2) is 0 Å². The van der Waals surface area contributed by atoms with Gasteiger partial charge in [-0.1, -0.05) is 6.92 Å². The summed E-state index contributed by atoms with van der Waals surface area (Å²) in [4.78, 5) is 13.5. The molecule has 24 heavy (non-hydrogen) atoms. The molecule has 2 atom stereocenters. The smallest absolute Gasteiger partial charge is 0.339 e. The summed E-state index contributed by atoms with van der Waals surface area (Å²) >= 11 is 0. The van der Waals surface area contributed by atoms with Crippen LogP contribution < -0.4 is 10.5 Å². The van der Waals surface area contributed by atoms with Gasteiger partial charge in [0.05, 0.1) is 12.6 Å². The third kappa shape index (κ3) is 2.84. The molecular formula is C20H28NO3+. The lowest BCUT2D eigenvalue weighted by Gasteiger charge is -2.32. The number of quaternary nitrogens is 1. The van der Waals surface area contributed by atoms with Crippen LogP contribution in [0, 0.1) is 20.8 Å². The van der Waals surface area contributed by atoms with E-state index in [0.29, 0.717) is 22.8 Å². The molecule has 0 amide bonds. The summed E-state index contributed by atoms with van der Waals surface area (Å²) in [5.74, 6) is 0.279. The Morgan fingerprint density at radius 2 is 1.96 bits per heavy atom. The summed E-state index contributed by atoms with van der Waals surface area (Å²) in [6, 6.07) is 2.70. The van der Waals surface area contributed by atoms with E-state index >= 15 is 0 Å². The summed E-state index contributed by atoms with van der Waals surface area (Å²) < 4.78 is 5.45. The zero-order valence-corrected chi connectivity index (χ0v) is 15.2. The van der Waals surface area contributed by atoms with Crippen LogP contribution in [0.3, 0.4) is 0 Å². The average molecular weight is 330 g/mol. The lowest BCUT2D eigenvalue weighted by molar-refractivity contribution is -0.944. The van der Waals surface area contributed by atoms with Crippen molar-refractivity contribution in [3.05, 3.63) is 38.7 Å². The molecule has 2 aromatic rings. The zero-order valence-electron chi connectivity index (χ0n) is 15.2.